The lowest BCUT2D eigenvalue weighted by Gasteiger charge is -2.19. The van der Waals surface area contributed by atoms with Crippen molar-refractivity contribution in [2.45, 2.75) is 20.4 Å². The number of carbonyl (C=O) groups is 1. The van der Waals surface area contributed by atoms with Crippen LogP contribution < -0.4 is 0 Å². The first-order valence-corrected chi connectivity index (χ1v) is 6.83. The van der Waals surface area contributed by atoms with Gasteiger partial charge >= 0.3 is 0 Å². The maximum Gasteiger partial charge on any atom is 0.254 e. The summed E-state index contributed by atoms with van der Waals surface area (Å²) in [6.07, 6.45) is 0. The third-order valence-electron chi connectivity index (χ3n) is 3.68. The number of carbonyl (C=O) groups excluding carboxylic acids is 1. The molecule has 21 heavy (non-hydrogen) atoms. The van der Waals surface area contributed by atoms with E-state index in [0.29, 0.717) is 12.1 Å². The summed E-state index contributed by atoms with van der Waals surface area (Å²) in [6.45, 7) is 4.50. The molecule has 0 spiro atoms. The fourth-order valence-electron chi connectivity index (χ4n) is 2.22. The van der Waals surface area contributed by atoms with E-state index >= 15 is 0 Å². The van der Waals surface area contributed by atoms with Crippen LogP contribution in [0.4, 0.5) is 0 Å². The quantitative estimate of drug-likeness (QED) is 0.863. The van der Waals surface area contributed by atoms with Crippen molar-refractivity contribution < 1.29 is 4.79 Å². The lowest BCUT2D eigenvalue weighted by molar-refractivity contribution is 0.0784. The van der Waals surface area contributed by atoms with Gasteiger partial charge in [-0.05, 0) is 48.7 Å². The van der Waals surface area contributed by atoms with Gasteiger partial charge in [0.05, 0.1) is 11.6 Å². The van der Waals surface area contributed by atoms with E-state index in [1.165, 1.54) is 0 Å². The largest absolute Gasteiger partial charge is 0.337 e. The van der Waals surface area contributed by atoms with Crippen LogP contribution in [0.5, 0.6) is 0 Å². The van der Waals surface area contributed by atoms with E-state index in [2.05, 4.69) is 6.07 Å². The Morgan fingerprint density at radius 2 is 1.81 bits per heavy atom. The van der Waals surface area contributed by atoms with E-state index in [-0.39, 0.29) is 5.91 Å². The van der Waals surface area contributed by atoms with Crippen molar-refractivity contribution in [3.8, 4) is 6.07 Å². The zero-order valence-electron chi connectivity index (χ0n) is 12.6. The number of aryl methyl sites for hydroxylation is 1. The second kappa shape index (κ2) is 6.23. The van der Waals surface area contributed by atoms with Gasteiger partial charge in [0.1, 0.15) is 0 Å². The molecule has 0 saturated heterocycles. The molecule has 0 unspecified atom stereocenters. The first-order valence-electron chi connectivity index (χ1n) is 6.83. The molecule has 0 saturated carbocycles. The summed E-state index contributed by atoms with van der Waals surface area (Å²) in [7, 11) is 1.79. The first kappa shape index (κ1) is 14.8. The summed E-state index contributed by atoms with van der Waals surface area (Å²) in [5.74, 6) is 0.0144. The Balaban J connectivity index is 2.15. The Bertz CT molecular complexity index is 696. The first-order chi connectivity index (χ1) is 10.0. The van der Waals surface area contributed by atoms with Crippen LogP contribution >= 0.6 is 0 Å². The Morgan fingerprint density at radius 3 is 2.43 bits per heavy atom. The minimum atomic E-state index is 0.0144. The molecule has 2 rings (SSSR count). The van der Waals surface area contributed by atoms with Crippen LogP contribution in [0.2, 0.25) is 0 Å². The fourth-order valence-corrected chi connectivity index (χ4v) is 2.22. The van der Waals surface area contributed by atoms with Crippen molar-refractivity contribution in [2.24, 2.45) is 0 Å². The maximum absolute atomic E-state index is 12.5. The summed E-state index contributed by atoms with van der Waals surface area (Å²) in [4.78, 5) is 14.2. The summed E-state index contributed by atoms with van der Waals surface area (Å²) in [6, 6.07) is 15.2. The molecule has 106 valence electrons. The summed E-state index contributed by atoms with van der Waals surface area (Å²) >= 11 is 0. The zero-order valence-corrected chi connectivity index (χ0v) is 12.6. The predicted molar refractivity (Wildman–Crippen MR) is 82.9 cm³/mol. The van der Waals surface area contributed by atoms with Gasteiger partial charge in [-0.2, -0.15) is 5.26 Å². The summed E-state index contributed by atoms with van der Waals surface area (Å²) in [5, 5.41) is 8.79. The fraction of sp³-hybridized carbons (Fsp3) is 0.222. The lowest BCUT2D eigenvalue weighted by atomic mass is 10.0. The van der Waals surface area contributed by atoms with Gasteiger partial charge in [-0.15, -0.1) is 0 Å². The summed E-state index contributed by atoms with van der Waals surface area (Å²) < 4.78 is 0. The van der Waals surface area contributed by atoms with E-state index in [9.17, 15) is 4.79 Å². The number of nitrogens with zero attached hydrogens (tertiary/aromatic N) is 2. The Morgan fingerprint density at radius 1 is 1.14 bits per heavy atom. The van der Waals surface area contributed by atoms with Crippen molar-refractivity contribution in [1.29, 1.82) is 5.26 Å². The molecular formula is C18H18N2O. The number of hydrogen-bond donors (Lipinski definition) is 0. The predicted octanol–water partition coefficient (Wildman–Crippen LogP) is 3.45. The molecular weight excluding hydrogens is 260 g/mol. The maximum atomic E-state index is 12.5. The van der Waals surface area contributed by atoms with E-state index in [1.54, 1.807) is 24.1 Å². The van der Waals surface area contributed by atoms with Gasteiger partial charge in [0.2, 0.25) is 0 Å². The van der Waals surface area contributed by atoms with Gasteiger partial charge < -0.3 is 4.90 Å². The van der Waals surface area contributed by atoms with Crippen LogP contribution in [-0.4, -0.2) is 17.9 Å². The number of benzene rings is 2. The number of amides is 1. The normalized spacial score (nSPS) is 10.0. The lowest BCUT2D eigenvalue weighted by Crippen LogP contribution is -2.27. The number of nitriles is 1. The van der Waals surface area contributed by atoms with Gasteiger partial charge in [0, 0.05) is 19.2 Å². The highest BCUT2D eigenvalue weighted by Gasteiger charge is 2.15. The van der Waals surface area contributed by atoms with Crippen molar-refractivity contribution in [3.05, 3.63) is 70.3 Å². The molecule has 2 aromatic rings. The molecule has 0 bridgehead atoms. The van der Waals surface area contributed by atoms with Crippen LogP contribution in [-0.2, 0) is 6.54 Å². The highest BCUT2D eigenvalue weighted by Crippen LogP contribution is 2.16. The Hall–Kier alpha value is -2.60. The molecule has 0 atom stereocenters. The molecule has 0 aliphatic rings. The van der Waals surface area contributed by atoms with Gasteiger partial charge in [-0.3, -0.25) is 4.79 Å². The monoisotopic (exact) mass is 278 g/mol. The van der Waals surface area contributed by atoms with E-state index in [4.69, 9.17) is 5.26 Å². The molecule has 0 radical (unpaired) electrons. The van der Waals surface area contributed by atoms with Gasteiger partial charge in [-0.25, -0.2) is 0 Å². The minimum absolute atomic E-state index is 0.0144. The van der Waals surface area contributed by atoms with Gasteiger partial charge in [0.15, 0.2) is 0 Å². The smallest absolute Gasteiger partial charge is 0.254 e. The topological polar surface area (TPSA) is 44.1 Å². The van der Waals surface area contributed by atoms with E-state index in [0.717, 1.165) is 22.3 Å². The third-order valence-corrected chi connectivity index (χ3v) is 3.68. The SMILES string of the molecule is Cc1cccc(C(=O)N(C)Cc2ccc(C#N)cc2)c1C. The molecule has 0 N–H and O–H groups in total. The van der Waals surface area contributed by atoms with Crippen molar-refractivity contribution in [2.75, 3.05) is 7.05 Å². The van der Waals surface area contributed by atoms with Crippen LogP contribution in [0.15, 0.2) is 42.5 Å². The molecule has 1 amide bonds. The zero-order chi connectivity index (χ0) is 15.4. The van der Waals surface area contributed by atoms with Crippen LogP contribution in [0, 0.1) is 25.2 Å². The molecule has 2 aromatic carbocycles. The minimum Gasteiger partial charge on any atom is -0.337 e. The average Bonchev–Trinajstić information content (AvgIpc) is 2.50. The Labute approximate surface area is 125 Å². The molecule has 0 aliphatic carbocycles. The second-order valence-corrected chi connectivity index (χ2v) is 5.22. The highest BCUT2D eigenvalue weighted by atomic mass is 16.2. The second-order valence-electron chi connectivity index (χ2n) is 5.22. The standard InChI is InChI=1S/C18H18N2O/c1-13-5-4-6-17(14(13)2)18(21)20(3)12-16-9-7-15(11-19)8-10-16/h4-10H,12H2,1-3H3. The molecule has 3 nitrogen and oxygen atoms in total. The van der Waals surface area contributed by atoms with Gasteiger partial charge in [0.25, 0.3) is 5.91 Å². The molecule has 0 fully saturated rings. The highest BCUT2D eigenvalue weighted by molar-refractivity contribution is 5.95. The van der Waals surface area contributed by atoms with Gasteiger partial charge in [-0.1, -0.05) is 24.3 Å². The Kier molecular flexibility index (Phi) is 4.39. The van der Waals surface area contributed by atoms with E-state index < -0.39 is 0 Å². The van der Waals surface area contributed by atoms with Crippen molar-refractivity contribution in [3.63, 3.8) is 0 Å². The van der Waals surface area contributed by atoms with Crippen LogP contribution in [0.25, 0.3) is 0 Å². The molecule has 0 aliphatic heterocycles. The van der Waals surface area contributed by atoms with Crippen LogP contribution in [0.1, 0.15) is 32.6 Å². The van der Waals surface area contributed by atoms with E-state index in [1.807, 2.05) is 44.2 Å². The average molecular weight is 278 g/mol. The number of rotatable bonds is 3. The van der Waals surface area contributed by atoms with Crippen molar-refractivity contribution in [1.82, 2.24) is 4.90 Å². The third kappa shape index (κ3) is 3.29. The summed E-state index contributed by atoms with van der Waals surface area (Å²) in [5.41, 5.74) is 4.52. The van der Waals surface area contributed by atoms with Crippen LogP contribution in [0.3, 0.4) is 0 Å². The van der Waals surface area contributed by atoms with Crippen molar-refractivity contribution >= 4 is 5.91 Å². The molecule has 0 heterocycles. The molecule has 0 aromatic heterocycles. The molecule has 3 heteroatoms. The number of hydrogen-bond acceptors (Lipinski definition) is 2.